The lowest BCUT2D eigenvalue weighted by Gasteiger charge is -2.03. The Morgan fingerprint density at radius 2 is 0.800 bits per heavy atom. The molecular weight excluding hydrogens is 323 g/mol. The summed E-state index contributed by atoms with van der Waals surface area (Å²) < 4.78 is 0. The molecule has 0 aromatic heterocycles. The molecule has 0 saturated carbocycles. The Hall–Kier alpha value is 1.15. The van der Waals surface area contributed by atoms with Crippen molar-refractivity contribution in [1.29, 1.82) is 0 Å². The third-order valence-corrected chi connectivity index (χ3v) is 6.30. The van der Waals surface area contributed by atoms with E-state index in [4.69, 9.17) is 22.2 Å². The van der Waals surface area contributed by atoms with Gasteiger partial charge in [-0.3, -0.25) is 0 Å². The predicted octanol–water partition coefficient (Wildman–Crippen LogP) is 7.08. The van der Waals surface area contributed by atoms with E-state index < -0.39 is 7.42 Å². The monoisotopic (exact) mass is 356 g/mol. The van der Waals surface area contributed by atoms with E-state index in [1.807, 2.05) is 0 Å². The van der Waals surface area contributed by atoms with Crippen LogP contribution >= 0.6 is 34.8 Å². The molecule has 0 aliphatic heterocycles. The molecule has 0 aromatic carbocycles. The summed E-state index contributed by atoms with van der Waals surface area (Å²) in [5.74, 6) is 1.06. The third-order valence-electron chi connectivity index (χ3n) is 3.83. The van der Waals surface area contributed by atoms with Gasteiger partial charge in [-0.2, -0.15) is 34.8 Å². The van der Waals surface area contributed by atoms with E-state index in [1.165, 1.54) is 89.9 Å². The molecule has 4 heteroatoms. The fraction of sp³-hybridized carbons (Fsp3) is 1.00. The number of unbranched alkanes of at least 4 members (excludes halogenated alkanes) is 13. The maximum Gasteiger partial charge on any atom is 0.237 e. The number of rotatable bonds is 16. The SMILES string of the molecule is SCCCCCCCCCCCCCCCC[SiH](Cl)Cl. The third kappa shape index (κ3) is 19.1. The zero-order chi connectivity index (χ0) is 14.9. The van der Waals surface area contributed by atoms with Gasteiger partial charge in [-0.25, -0.2) is 0 Å². The Morgan fingerprint density at radius 3 is 1.10 bits per heavy atom. The van der Waals surface area contributed by atoms with Gasteiger partial charge >= 0.3 is 0 Å². The average Bonchev–Trinajstić information content (AvgIpc) is 2.43. The molecule has 0 nitrogen and oxygen atoms in total. The topological polar surface area (TPSA) is 0 Å². The molecule has 0 bridgehead atoms. The van der Waals surface area contributed by atoms with Gasteiger partial charge in [0.25, 0.3) is 0 Å². The van der Waals surface area contributed by atoms with Crippen LogP contribution in [-0.2, 0) is 0 Å². The molecule has 0 radical (unpaired) electrons. The second kappa shape index (κ2) is 18.2. The molecule has 0 spiro atoms. The Kier molecular flexibility index (Phi) is 19.2. The highest BCUT2D eigenvalue weighted by molar-refractivity contribution is 7.80. The fourth-order valence-corrected chi connectivity index (χ4v) is 4.28. The molecule has 0 fully saturated rings. The van der Waals surface area contributed by atoms with Crippen molar-refractivity contribution in [3.63, 3.8) is 0 Å². The van der Waals surface area contributed by atoms with E-state index >= 15 is 0 Å². The van der Waals surface area contributed by atoms with Gasteiger partial charge in [-0.1, -0.05) is 83.5 Å². The zero-order valence-corrected chi connectivity index (χ0v) is 16.7. The summed E-state index contributed by atoms with van der Waals surface area (Å²) in [5, 5.41) is 0. The number of halogens is 2. The van der Waals surface area contributed by atoms with Crippen LogP contribution in [0.25, 0.3) is 0 Å². The molecule has 0 aliphatic rings. The van der Waals surface area contributed by atoms with Crippen molar-refractivity contribution >= 4 is 42.2 Å². The first kappa shape index (κ1) is 21.1. The molecule has 0 unspecified atom stereocenters. The van der Waals surface area contributed by atoms with Crippen molar-refractivity contribution in [3.8, 4) is 0 Å². The number of thiol groups is 1. The first-order chi connectivity index (χ1) is 9.77. The van der Waals surface area contributed by atoms with Gasteiger partial charge in [0.05, 0.1) is 0 Å². The van der Waals surface area contributed by atoms with Crippen molar-refractivity contribution in [1.82, 2.24) is 0 Å². The minimum atomic E-state index is -1.32. The lowest BCUT2D eigenvalue weighted by Crippen LogP contribution is -1.91. The van der Waals surface area contributed by atoms with E-state index in [0.717, 1.165) is 11.8 Å². The molecule has 20 heavy (non-hydrogen) atoms. The Balaban J connectivity index is 2.92. The van der Waals surface area contributed by atoms with Crippen LogP contribution in [0.3, 0.4) is 0 Å². The molecular formula is C16H34Cl2SSi. The van der Waals surface area contributed by atoms with Gasteiger partial charge in [0.2, 0.25) is 7.42 Å². The highest BCUT2D eigenvalue weighted by Crippen LogP contribution is 2.15. The molecule has 0 amide bonds. The normalized spacial score (nSPS) is 11.4. The summed E-state index contributed by atoms with van der Waals surface area (Å²) in [7, 11) is -1.32. The predicted molar refractivity (Wildman–Crippen MR) is 102 cm³/mol. The smallest absolute Gasteiger partial charge is 0.179 e. The standard InChI is InChI=1S/C16H34Cl2SSi/c17-20(18)16-14-12-10-8-6-4-2-1-3-5-7-9-11-13-15-19/h19-20H,1-16H2. The van der Waals surface area contributed by atoms with Gasteiger partial charge < -0.3 is 0 Å². The summed E-state index contributed by atoms with van der Waals surface area (Å²) in [6.07, 6.45) is 19.5. The molecule has 0 heterocycles. The lowest BCUT2D eigenvalue weighted by molar-refractivity contribution is 0.538. The van der Waals surface area contributed by atoms with E-state index in [0.29, 0.717) is 0 Å². The summed E-state index contributed by atoms with van der Waals surface area (Å²) >= 11 is 15.9. The Bertz CT molecular complexity index is 180. The molecule has 122 valence electrons. The van der Waals surface area contributed by atoms with Crippen molar-refractivity contribution < 1.29 is 0 Å². The van der Waals surface area contributed by atoms with Crippen molar-refractivity contribution in [2.24, 2.45) is 0 Å². The van der Waals surface area contributed by atoms with Crippen LogP contribution in [0.1, 0.15) is 89.9 Å². The van der Waals surface area contributed by atoms with Gasteiger partial charge in [0.15, 0.2) is 0 Å². The van der Waals surface area contributed by atoms with Crippen LogP contribution in [0.15, 0.2) is 0 Å². The first-order valence-corrected chi connectivity index (χ1v) is 13.6. The van der Waals surface area contributed by atoms with Crippen LogP contribution in [0.5, 0.6) is 0 Å². The Labute approximate surface area is 143 Å². The van der Waals surface area contributed by atoms with Crippen LogP contribution in [0.2, 0.25) is 6.04 Å². The molecule has 0 aliphatic carbocycles. The lowest BCUT2D eigenvalue weighted by atomic mass is 10.0. The summed E-state index contributed by atoms with van der Waals surface area (Å²) in [5.41, 5.74) is 0. The second-order valence-electron chi connectivity index (χ2n) is 5.85. The number of hydrogen-bond acceptors (Lipinski definition) is 1. The van der Waals surface area contributed by atoms with Gasteiger partial charge in [-0.05, 0) is 18.2 Å². The number of hydrogen-bond donors (Lipinski definition) is 1. The molecule has 0 N–H and O–H groups in total. The summed E-state index contributed by atoms with van der Waals surface area (Å²) in [6, 6.07) is 1.09. The second-order valence-corrected chi connectivity index (χ2v) is 11.5. The maximum absolute atomic E-state index is 5.84. The summed E-state index contributed by atoms with van der Waals surface area (Å²) in [4.78, 5) is 0. The fourth-order valence-electron chi connectivity index (χ4n) is 2.53. The van der Waals surface area contributed by atoms with Crippen molar-refractivity contribution in [2.45, 2.75) is 95.9 Å². The van der Waals surface area contributed by atoms with Crippen LogP contribution in [-0.4, -0.2) is 13.2 Å². The summed E-state index contributed by atoms with van der Waals surface area (Å²) in [6.45, 7) is 0. The quantitative estimate of drug-likeness (QED) is 0.130. The molecule has 0 aromatic rings. The highest BCUT2D eigenvalue weighted by atomic mass is 35.7. The van der Waals surface area contributed by atoms with Gasteiger partial charge in [0, 0.05) is 0 Å². The van der Waals surface area contributed by atoms with Crippen LogP contribution in [0, 0.1) is 0 Å². The average molecular weight is 358 g/mol. The van der Waals surface area contributed by atoms with Crippen molar-refractivity contribution in [2.75, 3.05) is 5.75 Å². The minimum Gasteiger partial charge on any atom is -0.179 e. The zero-order valence-electron chi connectivity index (χ0n) is 13.1. The molecule has 0 rings (SSSR count). The minimum absolute atomic E-state index is 1.06. The van der Waals surface area contributed by atoms with Gasteiger partial charge in [-0.15, -0.1) is 0 Å². The Morgan fingerprint density at radius 1 is 0.500 bits per heavy atom. The van der Waals surface area contributed by atoms with E-state index in [9.17, 15) is 0 Å². The molecule has 0 atom stereocenters. The largest absolute Gasteiger partial charge is 0.237 e. The first-order valence-electron chi connectivity index (χ1n) is 8.66. The van der Waals surface area contributed by atoms with Crippen molar-refractivity contribution in [3.05, 3.63) is 0 Å². The highest BCUT2D eigenvalue weighted by Gasteiger charge is 2.00. The van der Waals surface area contributed by atoms with E-state index in [2.05, 4.69) is 12.6 Å². The van der Waals surface area contributed by atoms with Crippen LogP contribution in [0.4, 0.5) is 0 Å². The molecule has 0 saturated heterocycles. The maximum atomic E-state index is 5.84. The van der Waals surface area contributed by atoms with E-state index in [1.54, 1.807) is 0 Å². The van der Waals surface area contributed by atoms with E-state index in [-0.39, 0.29) is 0 Å². The van der Waals surface area contributed by atoms with Crippen LogP contribution < -0.4 is 0 Å². The van der Waals surface area contributed by atoms with Gasteiger partial charge in [0.1, 0.15) is 0 Å².